The van der Waals surface area contributed by atoms with Crippen molar-refractivity contribution in [2.24, 2.45) is 0 Å². The molecule has 2 aromatic rings. The fraction of sp³-hybridized carbons (Fsp3) is 0.286. The van der Waals surface area contributed by atoms with Gasteiger partial charge in [-0.25, -0.2) is 0 Å². The minimum absolute atomic E-state index is 0.802. The van der Waals surface area contributed by atoms with E-state index < -0.39 is 0 Å². The van der Waals surface area contributed by atoms with Crippen molar-refractivity contribution in [1.29, 1.82) is 0 Å². The van der Waals surface area contributed by atoms with Crippen LogP contribution in [0, 0.1) is 12.3 Å². The molecule has 2 rings (SSSR count). The summed E-state index contributed by atoms with van der Waals surface area (Å²) < 4.78 is 0. The summed E-state index contributed by atoms with van der Waals surface area (Å²) in [5.74, 6) is 4.49. The number of rotatable bonds is 6. The van der Waals surface area contributed by atoms with Gasteiger partial charge in [0.2, 0.25) is 0 Å². The largest absolute Gasteiger partial charge is 0.361 e. The Morgan fingerprint density at radius 3 is 3.18 bits per heavy atom. The van der Waals surface area contributed by atoms with Crippen molar-refractivity contribution < 1.29 is 0 Å². The van der Waals surface area contributed by atoms with Crippen molar-refractivity contribution in [1.82, 2.24) is 10.3 Å². The Labute approximate surface area is 106 Å². The number of aromatic nitrogens is 1. The van der Waals surface area contributed by atoms with Crippen LogP contribution >= 0.6 is 11.8 Å². The van der Waals surface area contributed by atoms with Crippen molar-refractivity contribution in [3.05, 3.63) is 36.0 Å². The summed E-state index contributed by atoms with van der Waals surface area (Å²) in [5.41, 5.74) is 2.51. The first-order chi connectivity index (χ1) is 8.40. The van der Waals surface area contributed by atoms with Crippen molar-refractivity contribution in [2.45, 2.75) is 6.54 Å². The Morgan fingerprint density at radius 2 is 2.29 bits per heavy atom. The molecule has 0 unspecified atom stereocenters. The summed E-state index contributed by atoms with van der Waals surface area (Å²) in [7, 11) is 0. The van der Waals surface area contributed by atoms with Crippen LogP contribution in [-0.4, -0.2) is 23.0 Å². The van der Waals surface area contributed by atoms with E-state index in [2.05, 4.69) is 40.5 Å². The lowest BCUT2D eigenvalue weighted by Gasteiger charge is -2.04. The zero-order valence-corrected chi connectivity index (χ0v) is 10.5. The molecule has 0 saturated carbocycles. The van der Waals surface area contributed by atoms with Crippen LogP contribution in [0.3, 0.4) is 0 Å². The van der Waals surface area contributed by atoms with Gasteiger partial charge in [0.15, 0.2) is 0 Å². The number of hydrogen-bond acceptors (Lipinski definition) is 2. The maximum Gasteiger partial charge on any atom is 0.0545 e. The topological polar surface area (TPSA) is 27.8 Å². The minimum Gasteiger partial charge on any atom is -0.361 e. The van der Waals surface area contributed by atoms with Crippen LogP contribution in [0.1, 0.15) is 5.56 Å². The van der Waals surface area contributed by atoms with Crippen LogP contribution in [0.25, 0.3) is 10.9 Å². The smallest absolute Gasteiger partial charge is 0.0545 e. The highest BCUT2D eigenvalue weighted by Gasteiger charge is 1.96. The van der Waals surface area contributed by atoms with E-state index in [1.54, 1.807) is 11.8 Å². The van der Waals surface area contributed by atoms with E-state index in [0.29, 0.717) is 0 Å². The lowest BCUT2D eigenvalue weighted by atomic mass is 10.1. The first-order valence-electron chi connectivity index (χ1n) is 5.68. The van der Waals surface area contributed by atoms with Crippen LogP contribution < -0.4 is 5.32 Å². The Kier molecular flexibility index (Phi) is 4.54. The van der Waals surface area contributed by atoms with Crippen LogP contribution in [-0.2, 0) is 6.54 Å². The standard InChI is InChI=1S/C14H16N2S/c1-2-8-17-9-7-15-11-12-3-4-13-5-6-16-14(13)10-12/h1,3-6,10,15-16H,7-9,11H2. The van der Waals surface area contributed by atoms with Crippen LogP contribution in [0.5, 0.6) is 0 Å². The molecule has 0 aliphatic carbocycles. The van der Waals surface area contributed by atoms with Gasteiger partial charge >= 0.3 is 0 Å². The van der Waals surface area contributed by atoms with E-state index in [0.717, 1.165) is 24.6 Å². The molecule has 2 nitrogen and oxygen atoms in total. The summed E-state index contributed by atoms with van der Waals surface area (Å²) in [6.07, 6.45) is 7.15. The van der Waals surface area contributed by atoms with E-state index in [9.17, 15) is 0 Å². The molecule has 17 heavy (non-hydrogen) atoms. The molecule has 0 atom stereocenters. The second-order valence-corrected chi connectivity index (χ2v) is 4.94. The van der Waals surface area contributed by atoms with E-state index in [4.69, 9.17) is 6.42 Å². The first kappa shape index (κ1) is 12.1. The third kappa shape index (κ3) is 3.55. The van der Waals surface area contributed by atoms with E-state index in [1.807, 2.05) is 6.20 Å². The van der Waals surface area contributed by atoms with Crippen molar-refractivity contribution in [2.75, 3.05) is 18.1 Å². The Hall–Kier alpha value is -1.37. The number of benzene rings is 1. The van der Waals surface area contributed by atoms with Crippen molar-refractivity contribution >= 4 is 22.7 Å². The Balaban J connectivity index is 1.77. The van der Waals surface area contributed by atoms with Gasteiger partial charge < -0.3 is 10.3 Å². The summed E-state index contributed by atoms with van der Waals surface area (Å²) in [5, 5.41) is 4.68. The molecule has 88 valence electrons. The zero-order valence-electron chi connectivity index (χ0n) is 9.70. The monoisotopic (exact) mass is 244 g/mol. The number of hydrogen-bond donors (Lipinski definition) is 2. The maximum absolute atomic E-state index is 5.18. The molecule has 0 radical (unpaired) electrons. The number of fused-ring (bicyclic) bond motifs is 1. The third-order valence-electron chi connectivity index (χ3n) is 2.56. The first-order valence-corrected chi connectivity index (χ1v) is 6.83. The average molecular weight is 244 g/mol. The fourth-order valence-corrected chi connectivity index (χ4v) is 2.26. The van der Waals surface area contributed by atoms with Gasteiger partial charge in [-0.3, -0.25) is 0 Å². The average Bonchev–Trinajstić information content (AvgIpc) is 2.81. The van der Waals surface area contributed by atoms with E-state index in [-0.39, 0.29) is 0 Å². The van der Waals surface area contributed by atoms with Gasteiger partial charge in [0.25, 0.3) is 0 Å². The SMILES string of the molecule is C#CCSCCNCc1ccc2cc[nH]c2c1. The van der Waals surface area contributed by atoms with Gasteiger partial charge in [0.1, 0.15) is 0 Å². The fourth-order valence-electron chi connectivity index (χ4n) is 1.71. The van der Waals surface area contributed by atoms with Gasteiger partial charge in [0, 0.05) is 30.6 Å². The Bertz CT molecular complexity index is 510. The molecule has 0 amide bonds. The molecule has 1 heterocycles. The lowest BCUT2D eigenvalue weighted by Crippen LogP contribution is -2.16. The summed E-state index contributed by atoms with van der Waals surface area (Å²) in [6, 6.07) is 8.59. The number of H-pyrrole nitrogens is 1. The van der Waals surface area contributed by atoms with E-state index >= 15 is 0 Å². The summed E-state index contributed by atoms with van der Waals surface area (Å²) in [4.78, 5) is 3.22. The minimum atomic E-state index is 0.802. The predicted molar refractivity (Wildman–Crippen MR) is 76.2 cm³/mol. The highest BCUT2D eigenvalue weighted by atomic mass is 32.2. The van der Waals surface area contributed by atoms with Crippen molar-refractivity contribution in [3.8, 4) is 12.3 Å². The molecule has 0 saturated heterocycles. The van der Waals surface area contributed by atoms with Crippen molar-refractivity contribution in [3.63, 3.8) is 0 Å². The molecule has 0 bridgehead atoms. The number of nitrogens with one attached hydrogen (secondary N) is 2. The Morgan fingerprint density at radius 1 is 1.35 bits per heavy atom. The molecular formula is C14H16N2S. The molecule has 2 N–H and O–H groups in total. The highest BCUT2D eigenvalue weighted by molar-refractivity contribution is 7.99. The second-order valence-electron chi connectivity index (χ2n) is 3.83. The molecule has 0 aliphatic rings. The van der Waals surface area contributed by atoms with Gasteiger partial charge in [-0.05, 0) is 23.1 Å². The molecule has 1 aromatic heterocycles. The number of terminal acetylenes is 1. The predicted octanol–water partition coefficient (Wildman–Crippen LogP) is 2.62. The van der Waals surface area contributed by atoms with Crippen LogP contribution in [0.4, 0.5) is 0 Å². The molecule has 3 heteroatoms. The maximum atomic E-state index is 5.18. The van der Waals surface area contributed by atoms with Gasteiger partial charge in [-0.2, -0.15) is 0 Å². The van der Waals surface area contributed by atoms with E-state index in [1.165, 1.54) is 16.5 Å². The third-order valence-corrected chi connectivity index (χ3v) is 3.42. The zero-order chi connectivity index (χ0) is 11.9. The number of aromatic amines is 1. The van der Waals surface area contributed by atoms with Gasteiger partial charge in [0.05, 0.1) is 5.75 Å². The lowest BCUT2D eigenvalue weighted by molar-refractivity contribution is 0.733. The second kappa shape index (κ2) is 6.39. The molecule has 1 aromatic carbocycles. The highest BCUT2D eigenvalue weighted by Crippen LogP contribution is 2.13. The van der Waals surface area contributed by atoms with Gasteiger partial charge in [-0.15, -0.1) is 18.2 Å². The molecule has 0 spiro atoms. The molecule has 0 aliphatic heterocycles. The van der Waals surface area contributed by atoms with Gasteiger partial charge in [-0.1, -0.05) is 18.1 Å². The molecule has 0 fully saturated rings. The van der Waals surface area contributed by atoms with Crippen LogP contribution in [0.2, 0.25) is 0 Å². The summed E-state index contributed by atoms with van der Waals surface area (Å²) in [6.45, 7) is 1.90. The van der Waals surface area contributed by atoms with Crippen LogP contribution in [0.15, 0.2) is 30.5 Å². The quantitative estimate of drug-likeness (QED) is 0.604. The summed E-state index contributed by atoms with van der Waals surface area (Å²) >= 11 is 1.79. The number of thioether (sulfide) groups is 1. The molecular weight excluding hydrogens is 228 g/mol. The normalized spacial score (nSPS) is 10.5.